The number of carbonyl (C=O) groups is 3. The smallest absolute Gasteiger partial charge is 0.307 e. The van der Waals surface area contributed by atoms with E-state index in [0.717, 1.165) is 0 Å². The maximum Gasteiger partial charge on any atom is 0.307 e. The van der Waals surface area contributed by atoms with E-state index in [-0.39, 0.29) is 43.5 Å². The number of nitrogens with one attached hydrogen (secondary N) is 1. The Morgan fingerprint density at radius 1 is 1.23 bits per heavy atom. The first kappa shape index (κ1) is 17.8. The highest BCUT2D eigenvalue weighted by molar-refractivity contribution is 5.84. The van der Waals surface area contributed by atoms with Crippen LogP contribution in [-0.4, -0.2) is 39.3 Å². The Kier molecular flexibility index (Phi) is 7.80. The molecular formula is C14H22N4O4. The summed E-state index contributed by atoms with van der Waals surface area (Å²) < 4.78 is 6.35. The first-order valence-corrected chi connectivity index (χ1v) is 7.38. The number of rotatable bonds is 10. The zero-order valence-electron chi connectivity index (χ0n) is 13.0. The van der Waals surface area contributed by atoms with Gasteiger partial charge in [-0.3, -0.25) is 19.1 Å². The van der Waals surface area contributed by atoms with Gasteiger partial charge in [0.25, 0.3) is 0 Å². The molecule has 0 saturated carbocycles. The van der Waals surface area contributed by atoms with Gasteiger partial charge in [0.15, 0.2) is 0 Å². The molecule has 1 aromatic rings. The molecular weight excluding hydrogens is 288 g/mol. The quantitative estimate of drug-likeness (QED) is 0.635. The molecule has 22 heavy (non-hydrogen) atoms. The van der Waals surface area contributed by atoms with E-state index in [2.05, 4.69) is 15.6 Å². The van der Waals surface area contributed by atoms with Crippen molar-refractivity contribution in [3.63, 3.8) is 0 Å². The number of amides is 1. The topological polar surface area (TPSA) is 103 Å². The Balaban J connectivity index is 2.28. The predicted molar refractivity (Wildman–Crippen MR) is 77.7 cm³/mol. The maximum atomic E-state index is 11.6. The highest BCUT2D eigenvalue weighted by atomic mass is 16.5. The molecule has 1 heterocycles. The molecule has 0 unspecified atom stereocenters. The molecule has 0 aliphatic heterocycles. The summed E-state index contributed by atoms with van der Waals surface area (Å²) >= 11 is 0. The normalized spacial score (nSPS) is 10.3. The van der Waals surface area contributed by atoms with Crippen molar-refractivity contribution >= 4 is 17.7 Å². The summed E-state index contributed by atoms with van der Waals surface area (Å²) in [5.74, 6) is -0.406. The van der Waals surface area contributed by atoms with Crippen LogP contribution >= 0.6 is 0 Å². The molecule has 8 heteroatoms. The van der Waals surface area contributed by atoms with Crippen molar-refractivity contribution in [2.75, 3.05) is 6.61 Å². The monoisotopic (exact) mass is 310 g/mol. The first-order chi connectivity index (χ1) is 10.5. The van der Waals surface area contributed by atoms with Gasteiger partial charge >= 0.3 is 5.97 Å². The molecule has 1 rings (SSSR count). The van der Waals surface area contributed by atoms with Crippen LogP contribution in [0.5, 0.6) is 0 Å². The number of ether oxygens (including phenoxy) is 1. The lowest BCUT2D eigenvalue weighted by molar-refractivity contribution is -0.143. The number of esters is 1. The SMILES string of the molecule is CCOC(=O)CCn1cc(CNC(=O)CCC(=O)CC)nn1. The average Bonchev–Trinajstić information content (AvgIpc) is 2.96. The molecule has 0 aliphatic carbocycles. The molecule has 0 bridgehead atoms. The van der Waals surface area contributed by atoms with Crippen molar-refractivity contribution in [3.05, 3.63) is 11.9 Å². The van der Waals surface area contributed by atoms with Crippen LogP contribution in [-0.2, 0) is 32.2 Å². The van der Waals surface area contributed by atoms with E-state index in [1.165, 1.54) is 4.68 Å². The summed E-state index contributed by atoms with van der Waals surface area (Å²) in [5, 5.41) is 10.4. The standard InChI is InChI=1S/C14H22N4O4/c1-3-12(19)5-6-13(20)15-9-11-10-18(17-16-11)8-7-14(21)22-4-2/h10H,3-9H2,1-2H3,(H,15,20). The molecule has 0 aliphatic rings. The van der Waals surface area contributed by atoms with Crippen LogP contribution in [0, 0.1) is 0 Å². The number of hydrogen-bond acceptors (Lipinski definition) is 6. The van der Waals surface area contributed by atoms with Gasteiger partial charge in [0.2, 0.25) is 5.91 Å². The Labute approximate surface area is 129 Å². The summed E-state index contributed by atoms with van der Waals surface area (Å²) in [6, 6.07) is 0. The number of Topliss-reactive ketones (excluding diaryl/α,β-unsaturated/α-hetero) is 1. The second kappa shape index (κ2) is 9.64. The van der Waals surface area contributed by atoms with Crippen molar-refractivity contribution in [1.82, 2.24) is 20.3 Å². The summed E-state index contributed by atoms with van der Waals surface area (Å²) in [4.78, 5) is 33.9. The molecule has 0 atom stereocenters. The van der Waals surface area contributed by atoms with Crippen LogP contribution in [0.3, 0.4) is 0 Å². The lowest BCUT2D eigenvalue weighted by atomic mass is 10.2. The second-order valence-corrected chi connectivity index (χ2v) is 4.70. The number of nitrogens with zero attached hydrogens (tertiary/aromatic N) is 3. The number of hydrogen-bond donors (Lipinski definition) is 1. The molecule has 0 fully saturated rings. The number of aromatic nitrogens is 3. The van der Waals surface area contributed by atoms with E-state index >= 15 is 0 Å². The van der Waals surface area contributed by atoms with Crippen molar-refractivity contribution in [2.45, 2.75) is 52.6 Å². The molecule has 0 aromatic carbocycles. The third-order valence-electron chi connectivity index (χ3n) is 2.93. The lowest BCUT2D eigenvalue weighted by Crippen LogP contribution is -2.23. The maximum absolute atomic E-state index is 11.6. The van der Waals surface area contributed by atoms with Gasteiger partial charge in [-0.1, -0.05) is 12.1 Å². The molecule has 1 aromatic heterocycles. The van der Waals surface area contributed by atoms with Crippen molar-refractivity contribution in [2.24, 2.45) is 0 Å². The Hall–Kier alpha value is -2.25. The summed E-state index contributed by atoms with van der Waals surface area (Å²) in [5.41, 5.74) is 0.596. The van der Waals surface area contributed by atoms with E-state index in [9.17, 15) is 14.4 Å². The van der Waals surface area contributed by atoms with Gasteiger partial charge in [-0.2, -0.15) is 0 Å². The zero-order chi connectivity index (χ0) is 16.4. The minimum Gasteiger partial charge on any atom is -0.466 e. The van der Waals surface area contributed by atoms with Gasteiger partial charge in [-0.15, -0.1) is 5.10 Å². The van der Waals surface area contributed by atoms with Crippen LogP contribution in [0.2, 0.25) is 0 Å². The minimum absolute atomic E-state index is 0.0695. The van der Waals surface area contributed by atoms with E-state index in [1.807, 2.05) is 0 Å². The van der Waals surface area contributed by atoms with Crippen LogP contribution in [0.4, 0.5) is 0 Å². The molecule has 1 N–H and O–H groups in total. The van der Waals surface area contributed by atoms with Gasteiger partial charge in [-0.05, 0) is 6.92 Å². The Morgan fingerprint density at radius 3 is 2.68 bits per heavy atom. The Bertz CT molecular complexity index is 513. The number of carbonyl (C=O) groups excluding carboxylic acids is 3. The van der Waals surface area contributed by atoms with E-state index in [0.29, 0.717) is 25.3 Å². The fourth-order valence-electron chi connectivity index (χ4n) is 1.68. The van der Waals surface area contributed by atoms with Crippen molar-refractivity contribution < 1.29 is 19.1 Å². The number of ketones is 1. The van der Waals surface area contributed by atoms with Gasteiger partial charge in [0.1, 0.15) is 11.5 Å². The highest BCUT2D eigenvalue weighted by Crippen LogP contribution is 1.98. The minimum atomic E-state index is -0.284. The van der Waals surface area contributed by atoms with E-state index in [1.54, 1.807) is 20.0 Å². The third kappa shape index (κ3) is 6.96. The largest absolute Gasteiger partial charge is 0.466 e. The van der Waals surface area contributed by atoms with Gasteiger partial charge in [-0.25, -0.2) is 0 Å². The average molecular weight is 310 g/mol. The van der Waals surface area contributed by atoms with Gasteiger partial charge in [0.05, 0.1) is 32.3 Å². The second-order valence-electron chi connectivity index (χ2n) is 4.70. The van der Waals surface area contributed by atoms with Crippen LogP contribution < -0.4 is 5.32 Å². The zero-order valence-corrected chi connectivity index (χ0v) is 13.0. The molecule has 0 radical (unpaired) electrons. The fraction of sp³-hybridized carbons (Fsp3) is 0.643. The van der Waals surface area contributed by atoms with Gasteiger partial charge < -0.3 is 10.1 Å². The van der Waals surface area contributed by atoms with Crippen LogP contribution in [0.15, 0.2) is 6.20 Å². The lowest BCUT2D eigenvalue weighted by Gasteiger charge is -2.02. The molecule has 0 spiro atoms. The summed E-state index contributed by atoms with van der Waals surface area (Å²) in [6.45, 7) is 4.51. The third-order valence-corrected chi connectivity index (χ3v) is 2.93. The van der Waals surface area contributed by atoms with Crippen molar-refractivity contribution in [1.29, 1.82) is 0 Å². The first-order valence-electron chi connectivity index (χ1n) is 7.38. The van der Waals surface area contributed by atoms with Crippen LogP contribution in [0.1, 0.15) is 45.2 Å². The highest BCUT2D eigenvalue weighted by Gasteiger charge is 2.08. The van der Waals surface area contributed by atoms with E-state index < -0.39 is 0 Å². The number of aryl methyl sites for hydroxylation is 1. The van der Waals surface area contributed by atoms with Gasteiger partial charge in [0, 0.05) is 19.3 Å². The molecule has 8 nitrogen and oxygen atoms in total. The molecule has 1 amide bonds. The molecule has 122 valence electrons. The molecule has 0 saturated heterocycles. The van der Waals surface area contributed by atoms with Crippen LogP contribution in [0.25, 0.3) is 0 Å². The summed E-state index contributed by atoms with van der Waals surface area (Å²) in [6.07, 6.45) is 2.78. The Morgan fingerprint density at radius 2 is 2.00 bits per heavy atom. The van der Waals surface area contributed by atoms with E-state index in [4.69, 9.17) is 4.74 Å². The van der Waals surface area contributed by atoms with Crippen molar-refractivity contribution in [3.8, 4) is 0 Å². The fourth-order valence-corrected chi connectivity index (χ4v) is 1.68. The predicted octanol–water partition coefficient (Wildman–Crippen LogP) is 0.607. The summed E-state index contributed by atoms with van der Waals surface area (Å²) in [7, 11) is 0.